The van der Waals surface area contributed by atoms with E-state index in [1.807, 2.05) is 31.2 Å². The zero-order valence-corrected chi connectivity index (χ0v) is 12.0. The maximum atomic E-state index is 6.02. The van der Waals surface area contributed by atoms with Crippen molar-refractivity contribution in [1.29, 1.82) is 0 Å². The van der Waals surface area contributed by atoms with Gasteiger partial charge in [-0.1, -0.05) is 29.8 Å². The molecule has 0 unspecified atom stereocenters. The molecule has 3 N–H and O–H groups in total. The first-order chi connectivity index (χ1) is 9.72. The smallest absolute Gasteiger partial charge is 0.150 e. The lowest BCUT2D eigenvalue weighted by molar-refractivity contribution is 0.336. The van der Waals surface area contributed by atoms with Gasteiger partial charge in [0, 0.05) is 6.54 Å². The van der Waals surface area contributed by atoms with Gasteiger partial charge in [-0.25, -0.2) is 9.97 Å². The fourth-order valence-electron chi connectivity index (χ4n) is 1.83. The van der Waals surface area contributed by atoms with Crippen molar-refractivity contribution in [3.05, 3.63) is 41.2 Å². The van der Waals surface area contributed by atoms with Crippen molar-refractivity contribution in [1.82, 2.24) is 9.97 Å². The number of aromatic nitrogens is 2. The van der Waals surface area contributed by atoms with Crippen LogP contribution in [0, 0.1) is 0 Å². The Hall–Kier alpha value is -2.01. The number of rotatable bonds is 6. The van der Waals surface area contributed by atoms with E-state index in [0.29, 0.717) is 24.0 Å². The van der Waals surface area contributed by atoms with Gasteiger partial charge in [0.2, 0.25) is 0 Å². The first-order valence-electron chi connectivity index (χ1n) is 6.43. The number of nitrogens with two attached hydrogens (primary N) is 1. The Morgan fingerprint density at radius 2 is 2.10 bits per heavy atom. The van der Waals surface area contributed by atoms with Crippen LogP contribution in [0.25, 0.3) is 0 Å². The predicted molar refractivity (Wildman–Crippen MR) is 81.3 cm³/mol. The summed E-state index contributed by atoms with van der Waals surface area (Å²) in [5.41, 5.74) is 6.76. The Morgan fingerprint density at radius 1 is 1.30 bits per heavy atom. The molecule has 5 nitrogen and oxygen atoms in total. The summed E-state index contributed by atoms with van der Waals surface area (Å²) in [5.74, 6) is 1.73. The number of benzene rings is 1. The van der Waals surface area contributed by atoms with Gasteiger partial charge in [0.25, 0.3) is 0 Å². The quantitative estimate of drug-likeness (QED) is 0.856. The van der Waals surface area contributed by atoms with Crippen molar-refractivity contribution in [3.63, 3.8) is 0 Å². The van der Waals surface area contributed by atoms with Gasteiger partial charge in [-0.05, 0) is 25.0 Å². The molecule has 0 spiro atoms. The molecule has 2 aromatic rings. The molecular weight excluding hydrogens is 276 g/mol. The summed E-state index contributed by atoms with van der Waals surface area (Å²) >= 11 is 6.02. The topological polar surface area (TPSA) is 73.1 Å². The molecule has 0 fully saturated rings. The molecule has 0 bridgehead atoms. The number of hydrogen-bond donors (Lipinski definition) is 2. The lowest BCUT2D eigenvalue weighted by Crippen LogP contribution is -2.09. The number of ether oxygens (including phenoxy) is 1. The summed E-state index contributed by atoms with van der Waals surface area (Å²) in [6.45, 7) is 3.30. The molecule has 0 radical (unpaired) electrons. The van der Waals surface area contributed by atoms with E-state index in [0.717, 1.165) is 17.7 Å². The Labute approximate surface area is 123 Å². The number of anilines is 2. The summed E-state index contributed by atoms with van der Waals surface area (Å²) in [5, 5.41) is 3.51. The summed E-state index contributed by atoms with van der Waals surface area (Å²) in [6, 6.07) is 7.97. The zero-order valence-electron chi connectivity index (χ0n) is 11.3. The number of nitrogen functional groups attached to an aromatic ring is 1. The first-order valence-corrected chi connectivity index (χ1v) is 6.80. The van der Waals surface area contributed by atoms with Crippen LogP contribution in [0.4, 0.5) is 11.6 Å². The molecule has 0 saturated heterocycles. The van der Waals surface area contributed by atoms with Crippen LogP contribution in [0.1, 0.15) is 12.5 Å². The molecular formula is C14H17ClN4O. The SMILES string of the molecule is CCOc1ccccc1CCNc1ncnc(N)c1Cl. The van der Waals surface area contributed by atoms with E-state index >= 15 is 0 Å². The maximum absolute atomic E-state index is 6.02. The van der Waals surface area contributed by atoms with Crippen LogP contribution in [0.15, 0.2) is 30.6 Å². The largest absolute Gasteiger partial charge is 0.494 e. The Kier molecular flexibility index (Phi) is 5.01. The van der Waals surface area contributed by atoms with Gasteiger partial charge < -0.3 is 15.8 Å². The fourth-order valence-corrected chi connectivity index (χ4v) is 1.99. The standard InChI is InChI=1S/C14H17ClN4O/c1-2-20-11-6-4-3-5-10(11)7-8-17-14-12(15)13(16)18-9-19-14/h3-6,9H,2,7-8H2,1H3,(H3,16,17,18,19). The third-order valence-corrected chi connectivity index (χ3v) is 3.15. The van der Waals surface area contributed by atoms with Gasteiger partial charge in [0.05, 0.1) is 6.61 Å². The summed E-state index contributed by atoms with van der Waals surface area (Å²) in [7, 11) is 0. The molecule has 20 heavy (non-hydrogen) atoms. The predicted octanol–water partition coefficient (Wildman–Crippen LogP) is 2.77. The van der Waals surface area contributed by atoms with E-state index < -0.39 is 0 Å². The van der Waals surface area contributed by atoms with Gasteiger partial charge in [-0.3, -0.25) is 0 Å². The van der Waals surface area contributed by atoms with Crippen LogP contribution in [-0.2, 0) is 6.42 Å². The van der Waals surface area contributed by atoms with Crippen LogP contribution in [-0.4, -0.2) is 23.1 Å². The van der Waals surface area contributed by atoms with E-state index in [4.69, 9.17) is 22.1 Å². The average molecular weight is 293 g/mol. The molecule has 1 aromatic carbocycles. The van der Waals surface area contributed by atoms with Gasteiger partial charge in [0.15, 0.2) is 0 Å². The van der Waals surface area contributed by atoms with E-state index in [1.165, 1.54) is 6.33 Å². The number of hydrogen-bond acceptors (Lipinski definition) is 5. The van der Waals surface area contributed by atoms with Crippen molar-refractivity contribution < 1.29 is 4.74 Å². The second kappa shape index (κ2) is 6.96. The van der Waals surface area contributed by atoms with E-state index in [2.05, 4.69) is 15.3 Å². The molecule has 0 aliphatic rings. The molecule has 0 aliphatic heterocycles. The molecule has 0 saturated carbocycles. The summed E-state index contributed by atoms with van der Waals surface area (Å²) < 4.78 is 5.58. The summed E-state index contributed by atoms with van der Waals surface area (Å²) in [6.07, 6.45) is 2.19. The van der Waals surface area contributed by atoms with Crippen LogP contribution in [0.2, 0.25) is 5.02 Å². The highest BCUT2D eigenvalue weighted by Gasteiger charge is 2.06. The molecule has 6 heteroatoms. The molecule has 106 valence electrons. The van der Waals surface area contributed by atoms with Gasteiger partial charge in [-0.2, -0.15) is 0 Å². The fraction of sp³-hybridized carbons (Fsp3) is 0.286. The Bertz CT molecular complexity index is 577. The molecule has 1 heterocycles. The number of nitrogens with one attached hydrogen (secondary N) is 1. The number of nitrogens with zero attached hydrogens (tertiary/aromatic N) is 2. The molecule has 0 atom stereocenters. The second-order valence-electron chi connectivity index (χ2n) is 4.14. The molecule has 2 rings (SSSR count). The van der Waals surface area contributed by atoms with Gasteiger partial charge in [-0.15, -0.1) is 0 Å². The first kappa shape index (κ1) is 14.4. The minimum atomic E-state index is 0.277. The minimum absolute atomic E-state index is 0.277. The molecule has 1 aromatic heterocycles. The highest BCUT2D eigenvalue weighted by atomic mass is 35.5. The van der Waals surface area contributed by atoms with Crippen molar-refractivity contribution in [2.45, 2.75) is 13.3 Å². The third kappa shape index (κ3) is 3.51. The van der Waals surface area contributed by atoms with E-state index in [9.17, 15) is 0 Å². The van der Waals surface area contributed by atoms with Crippen molar-refractivity contribution in [2.24, 2.45) is 0 Å². The highest BCUT2D eigenvalue weighted by molar-refractivity contribution is 6.35. The van der Waals surface area contributed by atoms with Gasteiger partial charge >= 0.3 is 0 Å². The van der Waals surface area contributed by atoms with Gasteiger partial charge in [0.1, 0.15) is 28.7 Å². The van der Waals surface area contributed by atoms with Crippen molar-refractivity contribution in [2.75, 3.05) is 24.2 Å². The highest BCUT2D eigenvalue weighted by Crippen LogP contribution is 2.23. The van der Waals surface area contributed by atoms with Crippen molar-refractivity contribution in [3.8, 4) is 5.75 Å². The van der Waals surface area contributed by atoms with Crippen LogP contribution >= 0.6 is 11.6 Å². The van der Waals surface area contributed by atoms with Crippen LogP contribution in [0.3, 0.4) is 0 Å². The number of para-hydroxylation sites is 1. The van der Waals surface area contributed by atoms with Crippen LogP contribution in [0.5, 0.6) is 5.75 Å². The monoisotopic (exact) mass is 292 g/mol. The average Bonchev–Trinajstić information content (AvgIpc) is 2.45. The number of halogens is 1. The normalized spacial score (nSPS) is 10.3. The minimum Gasteiger partial charge on any atom is -0.494 e. The Balaban J connectivity index is 1.98. The molecule has 0 aliphatic carbocycles. The lowest BCUT2D eigenvalue weighted by atomic mass is 10.1. The van der Waals surface area contributed by atoms with Crippen molar-refractivity contribution >= 4 is 23.2 Å². The zero-order chi connectivity index (χ0) is 14.4. The Morgan fingerprint density at radius 3 is 2.90 bits per heavy atom. The second-order valence-corrected chi connectivity index (χ2v) is 4.52. The molecule has 0 amide bonds. The third-order valence-electron chi connectivity index (χ3n) is 2.78. The van der Waals surface area contributed by atoms with E-state index in [-0.39, 0.29) is 5.82 Å². The van der Waals surface area contributed by atoms with E-state index in [1.54, 1.807) is 0 Å². The lowest BCUT2D eigenvalue weighted by Gasteiger charge is -2.11. The van der Waals surface area contributed by atoms with Crippen LogP contribution < -0.4 is 15.8 Å². The summed E-state index contributed by atoms with van der Waals surface area (Å²) in [4.78, 5) is 7.88. The maximum Gasteiger partial charge on any atom is 0.150 e.